The molecule has 1 aliphatic heterocycles. The minimum Gasteiger partial charge on any atom is -0.340 e. The maximum atomic E-state index is 11.0. The molecule has 0 unspecified atom stereocenters. The van der Waals surface area contributed by atoms with Gasteiger partial charge in [0.1, 0.15) is 0 Å². The predicted octanol–water partition coefficient (Wildman–Crippen LogP) is 1.19. The number of rotatable bonds is 1. The average molecular weight is 186 g/mol. The Morgan fingerprint density at radius 3 is 1.92 bits per heavy atom. The predicted molar refractivity (Wildman–Crippen MR) is 55.7 cm³/mol. The van der Waals surface area contributed by atoms with Crippen LogP contribution in [0.1, 0.15) is 28.2 Å². The smallest absolute Gasteiger partial charge is 0.219 e. The van der Waals surface area contributed by atoms with Gasteiger partial charge in [0.2, 0.25) is 5.91 Å². The first-order valence-electron chi connectivity index (χ1n) is 4.61. The monoisotopic (exact) mass is 186 g/mol. The molecule has 0 aromatic heterocycles. The highest BCUT2D eigenvalue weighted by molar-refractivity contribution is 5.73. The van der Waals surface area contributed by atoms with Gasteiger partial charge in [0.15, 0.2) is 0 Å². The van der Waals surface area contributed by atoms with Crippen LogP contribution in [0.2, 0.25) is 0 Å². The fourth-order valence-corrected chi connectivity index (χ4v) is 1.55. The standard InChI is InChI=1S/C9H18N2O.CH4/c1-8(2)10-4-6-11(7-5-10)9(3)12;/h8H,4-7H2,1-3H3;1H4. The van der Waals surface area contributed by atoms with Crippen LogP contribution in [-0.4, -0.2) is 47.9 Å². The third-order valence-electron chi connectivity index (χ3n) is 2.49. The lowest BCUT2D eigenvalue weighted by molar-refractivity contribution is -0.130. The second-order valence-electron chi connectivity index (χ2n) is 3.64. The minimum absolute atomic E-state index is 0. The van der Waals surface area contributed by atoms with Crippen molar-refractivity contribution in [3.8, 4) is 0 Å². The van der Waals surface area contributed by atoms with E-state index in [2.05, 4.69) is 18.7 Å². The Labute approximate surface area is 81.7 Å². The Balaban J connectivity index is 0.00000144. The molecule has 1 rings (SSSR count). The van der Waals surface area contributed by atoms with Gasteiger partial charge >= 0.3 is 0 Å². The molecule has 3 nitrogen and oxygen atoms in total. The van der Waals surface area contributed by atoms with Crippen LogP contribution < -0.4 is 0 Å². The topological polar surface area (TPSA) is 23.6 Å². The van der Waals surface area contributed by atoms with Crippen molar-refractivity contribution in [3.05, 3.63) is 0 Å². The Kier molecular flexibility index (Phi) is 4.99. The van der Waals surface area contributed by atoms with Crippen molar-refractivity contribution < 1.29 is 4.79 Å². The number of carbonyl (C=O) groups is 1. The van der Waals surface area contributed by atoms with E-state index in [1.165, 1.54) is 0 Å². The highest BCUT2D eigenvalue weighted by atomic mass is 16.2. The van der Waals surface area contributed by atoms with E-state index in [9.17, 15) is 4.79 Å². The Bertz CT molecular complexity index is 160. The van der Waals surface area contributed by atoms with Gasteiger partial charge in [-0.2, -0.15) is 0 Å². The lowest BCUT2D eigenvalue weighted by Gasteiger charge is -2.36. The number of carbonyl (C=O) groups excluding carboxylic acids is 1. The van der Waals surface area contributed by atoms with Crippen molar-refractivity contribution in [3.63, 3.8) is 0 Å². The molecule has 3 heteroatoms. The lowest BCUT2D eigenvalue weighted by atomic mass is 10.2. The van der Waals surface area contributed by atoms with Crippen LogP contribution in [0, 0.1) is 0 Å². The van der Waals surface area contributed by atoms with Gasteiger partial charge in [-0.15, -0.1) is 0 Å². The zero-order valence-corrected chi connectivity index (χ0v) is 8.21. The Hall–Kier alpha value is -0.570. The summed E-state index contributed by atoms with van der Waals surface area (Å²) in [5, 5.41) is 0. The summed E-state index contributed by atoms with van der Waals surface area (Å²) in [6.45, 7) is 9.88. The molecule has 0 radical (unpaired) electrons. The van der Waals surface area contributed by atoms with Crippen LogP contribution in [0.3, 0.4) is 0 Å². The summed E-state index contributed by atoms with van der Waals surface area (Å²) in [6.07, 6.45) is 0. The van der Waals surface area contributed by atoms with Gasteiger partial charge in [-0.25, -0.2) is 0 Å². The molecule has 1 aliphatic rings. The molecular weight excluding hydrogens is 164 g/mol. The molecule has 0 aromatic rings. The van der Waals surface area contributed by atoms with Gasteiger partial charge in [-0.05, 0) is 13.8 Å². The SMILES string of the molecule is C.CC(=O)N1CCN(C(C)C)CC1. The summed E-state index contributed by atoms with van der Waals surface area (Å²) in [5.74, 6) is 0.207. The molecule has 0 bridgehead atoms. The molecule has 0 atom stereocenters. The molecule has 0 aliphatic carbocycles. The van der Waals surface area contributed by atoms with Crippen LogP contribution in [0.25, 0.3) is 0 Å². The van der Waals surface area contributed by atoms with Crippen molar-refractivity contribution in [2.75, 3.05) is 26.2 Å². The number of amides is 1. The van der Waals surface area contributed by atoms with E-state index in [0.29, 0.717) is 6.04 Å². The van der Waals surface area contributed by atoms with E-state index in [-0.39, 0.29) is 13.3 Å². The second kappa shape index (κ2) is 5.22. The zero-order valence-electron chi connectivity index (χ0n) is 8.21. The molecule has 1 saturated heterocycles. The highest BCUT2D eigenvalue weighted by Crippen LogP contribution is 2.05. The third kappa shape index (κ3) is 3.35. The normalized spacial score (nSPS) is 18.6. The molecule has 78 valence electrons. The number of piperazine rings is 1. The number of nitrogens with zero attached hydrogens (tertiary/aromatic N) is 2. The fraction of sp³-hybridized carbons (Fsp3) is 0.900. The fourth-order valence-electron chi connectivity index (χ4n) is 1.55. The van der Waals surface area contributed by atoms with Gasteiger partial charge in [-0.1, -0.05) is 7.43 Å². The molecule has 0 spiro atoms. The molecule has 1 heterocycles. The van der Waals surface area contributed by atoms with Crippen LogP contribution in [0.5, 0.6) is 0 Å². The van der Waals surface area contributed by atoms with Crippen LogP contribution >= 0.6 is 0 Å². The Morgan fingerprint density at radius 1 is 1.15 bits per heavy atom. The second-order valence-corrected chi connectivity index (χ2v) is 3.64. The molecule has 13 heavy (non-hydrogen) atoms. The first-order valence-corrected chi connectivity index (χ1v) is 4.61. The van der Waals surface area contributed by atoms with Crippen LogP contribution in [-0.2, 0) is 4.79 Å². The molecule has 0 aromatic carbocycles. The van der Waals surface area contributed by atoms with Crippen molar-refractivity contribution in [2.45, 2.75) is 34.2 Å². The maximum Gasteiger partial charge on any atom is 0.219 e. The Morgan fingerprint density at radius 2 is 1.62 bits per heavy atom. The van der Waals surface area contributed by atoms with Crippen LogP contribution in [0.4, 0.5) is 0 Å². The van der Waals surface area contributed by atoms with E-state index < -0.39 is 0 Å². The quantitative estimate of drug-likeness (QED) is 0.614. The van der Waals surface area contributed by atoms with Gasteiger partial charge in [0.05, 0.1) is 0 Å². The molecule has 1 amide bonds. The third-order valence-corrected chi connectivity index (χ3v) is 2.49. The summed E-state index contributed by atoms with van der Waals surface area (Å²) in [5.41, 5.74) is 0. The average Bonchev–Trinajstić information content (AvgIpc) is 2.04. The molecular formula is C10H22N2O. The van der Waals surface area contributed by atoms with Crippen molar-refractivity contribution in [1.82, 2.24) is 9.80 Å². The van der Waals surface area contributed by atoms with Crippen molar-refractivity contribution in [1.29, 1.82) is 0 Å². The summed E-state index contributed by atoms with van der Waals surface area (Å²) in [4.78, 5) is 15.3. The summed E-state index contributed by atoms with van der Waals surface area (Å²) < 4.78 is 0. The zero-order chi connectivity index (χ0) is 9.14. The van der Waals surface area contributed by atoms with E-state index in [4.69, 9.17) is 0 Å². The maximum absolute atomic E-state index is 11.0. The van der Waals surface area contributed by atoms with Crippen LogP contribution in [0.15, 0.2) is 0 Å². The van der Waals surface area contributed by atoms with Gasteiger partial charge in [-0.3, -0.25) is 9.69 Å². The number of hydrogen-bond donors (Lipinski definition) is 0. The summed E-state index contributed by atoms with van der Waals surface area (Å²) in [6, 6.07) is 0.610. The summed E-state index contributed by atoms with van der Waals surface area (Å²) in [7, 11) is 0. The first-order chi connectivity index (χ1) is 5.61. The van der Waals surface area contributed by atoms with Crippen molar-refractivity contribution >= 4 is 5.91 Å². The van der Waals surface area contributed by atoms with E-state index >= 15 is 0 Å². The summed E-state index contributed by atoms with van der Waals surface area (Å²) >= 11 is 0. The lowest BCUT2D eigenvalue weighted by Crippen LogP contribution is -2.50. The number of hydrogen-bond acceptors (Lipinski definition) is 2. The van der Waals surface area contributed by atoms with E-state index in [1.807, 2.05) is 4.90 Å². The minimum atomic E-state index is 0. The molecule has 0 N–H and O–H groups in total. The van der Waals surface area contributed by atoms with Gasteiger partial charge < -0.3 is 4.90 Å². The highest BCUT2D eigenvalue weighted by Gasteiger charge is 2.19. The van der Waals surface area contributed by atoms with E-state index in [0.717, 1.165) is 26.2 Å². The molecule has 0 saturated carbocycles. The van der Waals surface area contributed by atoms with Gasteiger partial charge in [0, 0.05) is 39.1 Å². The first kappa shape index (κ1) is 12.4. The molecule has 1 fully saturated rings. The van der Waals surface area contributed by atoms with Crippen molar-refractivity contribution in [2.24, 2.45) is 0 Å². The van der Waals surface area contributed by atoms with E-state index in [1.54, 1.807) is 6.92 Å². The van der Waals surface area contributed by atoms with Gasteiger partial charge in [0.25, 0.3) is 0 Å². The largest absolute Gasteiger partial charge is 0.340 e.